The minimum absolute atomic E-state index is 0.292. The highest BCUT2D eigenvalue weighted by Crippen LogP contribution is 2.35. The van der Waals surface area contributed by atoms with Crippen molar-refractivity contribution in [2.45, 2.75) is 12.8 Å². The average molecular weight is 431 g/mol. The van der Waals surface area contributed by atoms with Gasteiger partial charge in [0.05, 0.1) is 18.5 Å². The second-order valence-electron chi connectivity index (χ2n) is 7.72. The van der Waals surface area contributed by atoms with E-state index in [4.69, 9.17) is 15.5 Å². The lowest BCUT2D eigenvalue weighted by molar-refractivity contribution is 0.415. The van der Waals surface area contributed by atoms with E-state index >= 15 is 0 Å². The molecule has 9 heteroatoms. The maximum Gasteiger partial charge on any atom is 0.223 e. The molecule has 0 spiro atoms. The smallest absolute Gasteiger partial charge is 0.223 e. The van der Waals surface area contributed by atoms with E-state index in [1.54, 1.807) is 30.6 Å². The fraction of sp³-hybridized carbons (Fsp3) is 0.217. The van der Waals surface area contributed by atoms with Crippen molar-refractivity contribution < 1.29 is 9.13 Å². The highest BCUT2D eigenvalue weighted by molar-refractivity contribution is 5.80. The Morgan fingerprint density at radius 3 is 2.69 bits per heavy atom. The number of aromatic nitrogens is 5. The quantitative estimate of drug-likeness (QED) is 0.403. The van der Waals surface area contributed by atoms with Crippen LogP contribution in [0.1, 0.15) is 12.8 Å². The van der Waals surface area contributed by atoms with Gasteiger partial charge in [-0.15, -0.1) is 0 Å². The molecule has 162 valence electrons. The summed E-state index contributed by atoms with van der Waals surface area (Å²) in [6.07, 6.45) is 5.83. The second-order valence-corrected chi connectivity index (χ2v) is 7.72. The van der Waals surface area contributed by atoms with Crippen LogP contribution >= 0.6 is 0 Å². The number of halogens is 1. The summed E-state index contributed by atoms with van der Waals surface area (Å²) in [5, 5.41) is 3.30. The minimum atomic E-state index is -0.310. The second kappa shape index (κ2) is 8.26. The number of ether oxygens (including phenoxy) is 1. The van der Waals surface area contributed by atoms with Crippen LogP contribution in [0.25, 0.3) is 34.0 Å². The molecule has 8 nitrogen and oxygen atoms in total. The molecule has 0 bridgehead atoms. The van der Waals surface area contributed by atoms with Gasteiger partial charge < -0.3 is 20.8 Å². The molecule has 4 aromatic rings. The number of H-pyrrole nitrogens is 1. The predicted octanol–water partition coefficient (Wildman–Crippen LogP) is 4.15. The summed E-state index contributed by atoms with van der Waals surface area (Å²) in [6, 6.07) is 9.74. The number of nitrogens with zero attached hydrogens (tertiary/aromatic N) is 4. The summed E-state index contributed by atoms with van der Waals surface area (Å²) in [5.41, 5.74) is 9.34. The highest BCUT2D eigenvalue weighted by atomic mass is 19.1. The lowest BCUT2D eigenvalue weighted by Crippen LogP contribution is -2.07. The summed E-state index contributed by atoms with van der Waals surface area (Å²) in [6.45, 7) is 0.860. The van der Waals surface area contributed by atoms with E-state index in [1.807, 2.05) is 6.07 Å². The van der Waals surface area contributed by atoms with Gasteiger partial charge in [0.25, 0.3) is 0 Å². The van der Waals surface area contributed by atoms with Crippen LogP contribution in [0.4, 0.5) is 16.2 Å². The SMILES string of the molecule is COc1cc(-c2nc(-c3ccc(F)cc3)[nH]c2-c2ccnc(NCC3CC3)n2)cnc1N. The number of hydrogen-bond donors (Lipinski definition) is 3. The monoisotopic (exact) mass is 431 g/mol. The first kappa shape index (κ1) is 19.9. The Morgan fingerprint density at radius 1 is 1.12 bits per heavy atom. The molecule has 1 aromatic carbocycles. The molecular weight excluding hydrogens is 409 g/mol. The zero-order chi connectivity index (χ0) is 22.1. The number of nitrogen functional groups attached to an aromatic ring is 1. The van der Waals surface area contributed by atoms with Crippen LogP contribution in [-0.4, -0.2) is 38.6 Å². The van der Waals surface area contributed by atoms with E-state index < -0.39 is 0 Å². The maximum absolute atomic E-state index is 13.4. The van der Waals surface area contributed by atoms with Crippen molar-refractivity contribution in [2.24, 2.45) is 5.92 Å². The van der Waals surface area contributed by atoms with Crippen LogP contribution in [0, 0.1) is 11.7 Å². The Morgan fingerprint density at radius 2 is 1.94 bits per heavy atom. The van der Waals surface area contributed by atoms with Gasteiger partial charge in [0.15, 0.2) is 11.6 Å². The van der Waals surface area contributed by atoms with Crippen molar-refractivity contribution in [1.82, 2.24) is 24.9 Å². The molecule has 5 rings (SSSR count). The van der Waals surface area contributed by atoms with E-state index in [1.165, 1.54) is 32.1 Å². The number of methoxy groups -OCH3 is 1. The van der Waals surface area contributed by atoms with Crippen molar-refractivity contribution >= 4 is 11.8 Å². The molecule has 3 aromatic heterocycles. The standard InChI is InChI=1S/C23H22FN7O/c1-32-18-10-15(12-27-21(18)25)19-20(31-22(30-19)14-4-6-16(24)7-5-14)17-8-9-26-23(29-17)28-11-13-2-3-13/h4-10,12-13H,2-3,11H2,1H3,(H2,25,27)(H,30,31)(H,26,28,29). The Bertz CT molecular complexity index is 1250. The molecule has 1 fully saturated rings. The molecule has 4 N–H and O–H groups in total. The third-order valence-corrected chi connectivity index (χ3v) is 5.35. The van der Waals surface area contributed by atoms with Gasteiger partial charge >= 0.3 is 0 Å². The largest absolute Gasteiger partial charge is 0.493 e. The minimum Gasteiger partial charge on any atom is -0.493 e. The first-order valence-corrected chi connectivity index (χ1v) is 10.3. The van der Waals surface area contributed by atoms with Crippen molar-refractivity contribution in [3.63, 3.8) is 0 Å². The number of rotatable bonds is 7. The topological polar surface area (TPSA) is 115 Å². The van der Waals surface area contributed by atoms with Gasteiger partial charge in [-0.2, -0.15) is 0 Å². The van der Waals surface area contributed by atoms with Crippen LogP contribution < -0.4 is 15.8 Å². The molecule has 3 heterocycles. The fourth-order valence-electron chi connectivity index (χ4n) is 3.40. The predicted molar refractivity (Wildman–Crippen MR) is 120 cm³/mol. The Labute approximate surface area is 184 Å². The van der Waals surface area contributed by atoms with Crippen molar-refractivity contribution in [3.8, 4) is 39.8 Å². The van der Waals surface area contributed by atoms with E-state index in [0.717, 1.165) is 12.1 Å². The van der Waals surface area contributed by atoms with Crippen molar-refractivity contribution in [2.75, 3.05) is 24.7 Å². The number of nitrogens with one attached hydrogen (secondary N) is 2. The summed E-state index contributed by atoms with van der Waals surface area (Å²) < 4.78 is 18.8. The maximum atomic E-state index is 13.4. The molecule has 32 heavy (non-hydrogen) atoms. The lowest BCUT2D eigenvalue weighted by Gasteiger charge is -2.08. The number of hydrogen-bond acceptors (Lipinski definition) is 7. The zero-order valence-corrected chi connectivity index (χ0v) is 17.5. The third kappa shape index (κ3) is 4.09. The van der Waals surface area contributed by atoms with Crippen LogP contribution in [0.15, 0.2) is 48.8 Å². The van der Waals surface area contributed by atoms with Gasteiger partial charge in [-0.1, -0.05) is 0 Å². The number of anilines is 2. The molecule has 1 aliphatic carbocycles. The normalized spacial score (nSPS) is 13.2. The molecule has 0 radical (unpaired) electrons. The molecule has 1 saturated carbocycles. The van der Waals surface area contributed by atoms with E-state index in [0.29, 0.717) is 51.9 Å². The molecule has 0 atom stereocenters. The van der Waals surface area contributed by atoms with E-state index in [-0.39, 0.29) is 5.82 Å². The van der Waals surface area contributed by atoms with Crippen LogP contribution in [0.3, 0.4) is 0 Å². The summed E-state index contributed by atoms with van der Waals surface area (Å²) in [5.74, 6) is 2.27. The number of benzene rings is 1. The summed E-state index contributed by atoms with van der Waals surface area (Å²) in [4.78, 5) is 21.4. The van der Waals surface area contributed by atoms with Gasteiger partial charge in [-0.05, 0) is 55.2 Å². The Balaban J connectivity index is 1.60. The fourth-order valence-corrected chi connectivity index (χ4v) is 3.40. The zero-order valence-electron chi connectivity index (χ0n) is 17.5. The number of pyridine rings is 1. The van der Waals surface area contributed by atoms with E-state index in [2.05, 4.69) is 25.3 Å². The molecular formula is C23H22FN7O. The van der Waals surface area contributed by atoms with Gasteiger partial charge in [0, 0.05) is 30.1 Å². The summed E-state index contributed by atoms with van der Waals surface area (Å²) in [7, 11) is 1.54. The molecule has 1 aliphatic rings. The van der Waals surface area contributed by atoms with Gasteiger partial charge in [0.2, 0.25) is 5.95 Å². The van der Waals surface area contributed by atoms with Crippen LogP contribution in [0.2, 0.25) is 0 Å². The molecule has 0 unspecified atom stereocenters. The number of imidazole rings is 1. The Kier molecular flexibility index (Phi) is 5.14. The third-order valence-electron chi connectivity index (χ3n) is 5.35. The highest BCUT2D eigenvalue weighted by Gasteiger charge is 2.22. The molecule has 0 saturated heterocycles. The molecule has 0 amide bonds. The van der Waals surface area contributed by atoms with Gasteiger partial charge in [0.1, 0.15) is 17.3 Å². The van der Waals surface area contributed by atoms with Crippen LogP contribution in [-0.2, 0) is 0 Å². The first-order chi connectivity index (χ1) is 15.6. The lowest BCUT2D eigenvalue weighted by atomic mass is 10.1. The van der Waals surface area contributed by atoms with Gasteiger partial charge in [-0.25, -0.2) is 24.3 Å². The molecule has 0 aliphatic heterocycles. The average Bonchev–Trinajstić information content (AvgIpc) is 3.55. The first-order valence-electron chi connectivity index (χ1n) is 10.3. The number of nitrogens with two attached hydrogens (primary N) is 1. The van der Waals surface area contributed by atoms with E-state index in [9.17, 15) is 4.39 Å². The summed E-state index contributed by atoms with van der Waals surface area (Å²) >= 11 is 0. The van der Waals surface area contributed by atoms with Crippen LogP contribution in [0.5, 0.6) is 5.75 Å². The van der Waals surface area contributed by atoms with Crippen molar-refractivity contribution in [1.29, 1.82) is 0 Å². The van der Waals surface area contributed by atoms with Crippen molar-refractivity contribution in [3.05, 3.63) is 54.6 Å². The Hall–Kier alpha value is -4.01. The number of aromatic amines is 1. The van der Waals surface area contributed by atoms with Gasteiger partial charge in [-0.3, -0.25) is 0 Å².